The van der Waals surface area contributed by atoms with Crippen molar-refractivity contribution in [3.63, 3.8) is 0 Å². The van der Waals surface area contributed by atoms with Crippen LogP contribution < -0.4 is 10.1 Å². The molecule has 25 heavy (non-hydrogen) atoms. The first-order chi connectivity index (χ1) is 12.0. The van der Waals surface area contributed by atoms with Gasteiger partial charge in [-0.2, -0.15) is 0 Å². The van der Waals surface area contributed by atoms with E-state index in [0.29, 0.717) is 28.1 Å². The minimum Gasteiger partial charge on any atom is -0.480 e. The van der Waals surface area contributed by atoms with Crippen LogP contribution in [-0.2, 0) is 4.79 Å². The highest BCUT2D eigenvalue weighted by Gasteiger charge is 2.22. The molecule has 0 heterocycles. The largest absolute Gasteiger partial charge is 0.480 e. The van der Waals surface area contributed by atoms with Crippen LogP contribution in [0, 0.1) is 0 Å². The molecular weight excluding hydrogens is 357 g/mol. The fourth-order valence-corrected chi connectivity index (χ4v) is 3.00. The number of nitrogens with one attached hydrogen (secondary N) is 1. The molecule has 2 rings (SSSR count). The van der Waals surface area contributed by atoms with E-state index < -0.39 is 6.10 Å². The first-order valence-electron chi connectivity index (χ1n) is 8.48. The second-order valence-corrected chi connectivity index (χ2v) is 6.76. The van der Waals surface area contributed by atoms with Crippen LogP contribution in [0.25, 0.3) is 0 Å². The average molecular weight is 380 g/mol. The molecule has 0 spiro atoms. The lowest BCUT2D eigenvalue weighted by molar-refractivity contribution is -0.122. The molecule has 0 saturated heterocycles. The molecule has 1 amide bonds. The molecule has 0 saturated carbocycles. The van der Waals surface area contributed by atoms with E-state index in [-0.39, 0.29) is 5.91 Å². The second-order valence-electron chi connectivity index (χ2n) is 5.95. The van der Waals surface area contributed by atoms with E-state index in [4.69, 9.17) is 27.9 Å². The first kappa shape index (κ1) is 19.6. The van der Waals surface area contributed by atoms with Gasteiger partial charge in [-0.15, -0.1) is 0 Å². The van der Waals surface area contributed by atoms with E-state index in [1.165, 1.54) is 0 Å². The van der Waals surface area contributed by atoms with Crippen molar-refractivity contribution in [1.82, 2.24) is 0 Å². The van der Waals surface area contributed by atoms with E-state index in [2.05, 4.69) is 19.2 Å². The summed E-state index contributed by atoms with van der Waals surface area (Å²) in [4.78, 5) is 12.6. The van der Waals surface area contributed by atoms with Crippen molar-refractivity contribution in [3.8, 4) is 5.75 Å². The lowest BCUT2D eigenvalue weighted by atomic mass is 9.98. The molecule has 2 aromatic rings. The SMILES string of the molecule is CCC(Oc1ccccc1C(C)CC)C(=O)Nc1c(Cl)cccc1Cl. The van der Waals surface area contributed by atoms with Crippen LogP contribution >= 0.6 is 23.2 Å². The van der Waals surface area contributed by atoms with Crippen LogP contribution in [0.15, 0.2) is 42.5 Å². The van der Waals surface area contributed by atoms with Gasteiger partial charge in [0.2, 0.25) is 0 Å². The molecule has 3 nitrogen and oxygen atoms in total. The molecule has 5 heteroatoms. The third kappa shape index (κ3) is 4.90. The number of ether oxygens (including phenoxy) is 1. The van der Waals surface area contributed by atoms with Crippen LogP contribution in [0.3, 0.4) is 0 Å². The molecular formula is C20H23Cl2NO2. The zero-order chi connectivity index (χ0) is 18.4. The predicted octanol–water partition coefficient (Wildman–Crippen LogP) is 6.30. The highest BCUT2D eigenvalue weighted by molar-refractivity contribution is 6.39. The molecule has 0 radical (unpaired) electrons. The summed E-state index contributed by atoms with van der Waals surface area (Å²) in [6.07, 6.45) is 0.902. The zero-order valence-corrected chi connectivity index (χ0v) is 16.2. The number of hydrogen-bond acceptors (Lipinski definition) is 2. The Morgan fingerprint density at radius 1 is 1.04 bits per heavy atom. The van der Waals surface area contributed by atoms with Crippen molar-refractivity contribution in [1.29, 1.82) is 0 Å². The van der Waals surface area contributed by atoms with Gasteiger partial charge in [-0.25, -0.2) is 0 Å². The molecule has 0 bridgehead atoms. The quantitative estimate of drug-likeness (QED) is 0.612. The fourth-order valence-electron chi connectivity index (χ4n) is 2.51. The molecule has 1 N–H and O–H groups in total. The molecule has 134 valence electrons. The summed E-state index contributed by atoms with van der Waals surface area (Å²) in [6.45, 7) is 6.18. The Labute approximate surface area is 159 Å². The van der Waals surface area contributed by atoms with Crippen molar-refractivity contribution < 1.29 is 9.53 Å². The summed E-state index contributed by atoms with van der Waals surface area (Å²) in [7, 11) is 0. The third-order valence-electron chi connectivity index (χ3n) is 4.21. The number of benzene rings is 2. The van der Waals surface area contributed by atoms with Crippen LogP contribution in [-0.4, -0.2) is 12.0 Å². The number of para-hydroxylation sites is 2. The topological polar surface area (TPSA) is 38.3 Å². The Morgan fingerprint density at radius 2 is 1.68 bits per heavy atom. The average Bonchev–Trinajstić information content (AvgIpc) is 2.62. The number of rotatable bonds is 7. The van der Waals surface area contributed by atoms with Gasteiger partial charge in [0.05, 0.1) is 15.7 Å². The van der Waals surface area contributed by atoms with E-state index >= 15 is 0 Å². The Bertz CT molecular complexity index is 713. The molecule has 0 aliphatic heterocycles. The van der Waals surface area contributed by atoms with Gasteiger partial charge >= 0.3 is 0 Å². The Balaban J connectivity index is 2.19. The number of carbonyl (C=O) groups excluding carboxylic acids is 1. The van der Waals surface area contributed by atoms with Gasteiger partial charge in [0, 0.05) is 0 Å². The van der Waals surface area contributed by atoms with E-state index in [0.717, 1.165) is 17.7 Å². The van der Waals surface area contributed by atoms with Gasteiger partial charge in [-0.3, -0.25) is 4.79 Å². The van der Waals surface area contributed by atoms with Crippen LogP contribution in [0.1, 0.15) is 45.1 Å². The minimum absolute atomic E-state index is 0.267. The first-order valence-corrected chi connectivity index (χ1v) is 9.23. The van der Waals surface area contributed by atoms with Crippen molar-refractivity contribution in [2.24, 2.45) is 0 Å². The molecule has 2 atom stereocenters. The van der Waals surface area contributed by atoms with Gasteiger partial charge in [0.15, 0.2) is 6.10 Å². The summed E-state index contributed by atoms with van der Waals surface area (Å²) >= 11 is 12.3. The van der Waals surface area contributed by atoms with Crippen LogP contribution in [0.4, 0.5) is 5.69 Å². The number of carbonyl (C=O) groups is 1. The van der Waals surface area contributed by atoms with E-state index in [9.17, 15) is 4.79 Å². The maximum Gasteiger partial charge on any atom is 0.265 e. The number of halogens is 2. The van der Waals surface area contributed by atoms with Gasteiger partial charge in [-0.1, -0.05) is 68.2 Å². The van der Waals surface area contributed by atoms with Crippen molar-refractivity contribution >= 4 is 34.8 Å². The molecule has 2 unspecified atom stereocenters. The van der Waals surface area contributed by atoms with Crippen LogP contribution in [0.5, 0.6) is 5.75 Å². The van der Waals surface area contributed by atoms with Gasteiger partial charge in [0.1, 0.15) is 5.75 Å². The van der Waals surface area contributed by atoms with Crippen LogP contribution in [0.2, 0.25) is 10.0 Å². The van der Waals surface area contributed by atoms with Crippen molar-refractivity contribution in [2.45, 2.75) is 45.6 Å². The summed E-state index contributed by atoms with van der Waals surface area (Å²) in [5, 5.41) is 3.58. The van der Waals surface area contributed by atoms with Crippen molar-refractivity contribution in [3.05, 3.63) is 58.1 Å². The number of anilines is 1. The molecule has 0 fully saturated rings. The highest BCUT2D eigenvalue weighted by atomic mass is 35.5. The lowest BCUT2D eigenvalue weighted by Crippen LogP contribution is -2.33. The van der Waals surface area contributed by atoms with E-state index in [1.54, 1.807) is 18.2 Å². The number of amides is 1. The smallest absolute Gasteiger partial charge is 0.265 e. The summed E-state index contributed by atoms with van der Waals surface area (Å²) in [5.74, 6) is 0.829. The van der Waals surface area contributed by atoms with E-state index in [1.807, 2.05) is 31.2 Å². The minimum atomic E-state index is -0.627. The maximum absolute atomic E-state index is 12.6. The Morgan fingerprint density at radius 3 is 2.28 bits per heavy atom. The molecule has 0 aliphatic carbocycles. The summed E-state index contributed by atoms with van der Waals surface area (Å²) in [5.41, 5.74) is 1.51. The summed E-state index contributed by atoms with van der Waals surface area (Å²) in [6, 6.07) is 12.9. The fraction of sp³-hybridized carbons (Fsp3) is 0.350. The van der Waals surface area contributed by atoms with Gasteiger partial charge in [-0.05, 0) is 42.5 Å². The predicted molar refractivity (Wildman–Crippen MR) is 105 cm³/mol. The Kier molecular flexibility index (Phi) is 7.15. The monoisotopic (exact) mass is 379 g/mol. The zero-order valence-electron chi connectivity index (χ0n) is 14.7. The molecule has 2 aromatic carbocycles. The standard InChI is InChI=1S/C20H23Cl2NO2/c1-4-13(3)14-9-6-7-12-18(14)25-17(5-2)20(24)23-19-15(21)10-8-11-16(19)22/h6-13,17H,4-5H2,1-3H3,(H,23,24). The number of hydrogen-bond donors (Lipinski definition) is 1. The highest BCUT2D eigenvalue weighted by Crippen LogP contribution is 2.32. The van der Waals surface area contributed by atoms with Gasteiger partial charge in [0.25, 0.3) is 5.91 Å². The maximum atomic E-state index is 12.6. The molecule has 0 aliphatic rings. The normalized spacial score (nSPS) is 13.2. The second kappa shape index (κ2) is 9.12. The van der Waals surface area contributed by atoms with Crippen molar-refractivity contribution in [2.75, 3.05) is 5.32 Å². The third-order valence-corrected chi connectivity index (χ3v) is 4.84. The Hall–Kier alpha value is -1.71. The lowest BCUT2D eigenvalue weighted by Gasteiger charge is -2.21. The molecule has 0 aromatic heterocycles. The summed E-state index contributed by atoms with van der Waals surface area (Å²) < 4.78 is 6.03. The van der Waals surface area contributed by atoms with Gasteiger partial charge < -0.3 is 10.1 Å².